The summed E-state index contributed by atoms with van der Waals surface area (Å²) in [6, 6.07) is 2.96. The highest BCUT2D eigenvalue weighted by molar-refractivity contribution is 5.96. The van der Waals surface area contributed by atoms with Gasteiger partial charge < -0.3 is 49.1 Å². The minimum atomic E-state index is -1.61. The normalized spacial score (nSPS) is 14.6. The number of carbonyl (C=O) groups excluding carboxylic acids is 4. The predicted octanol–water partition coefficient (Wildman–Crippen LogP) is -3.59. The summed E-state index contributed by atoms with van der Waals surface area (Å²) in [5.41, 5.74) is 22.1. The number of nitrogens with two attached hydrogens (primary N) is 4. The van der Waals surface area contributed by atoms with Gasteiger partial charge in [0.25, 0.3) is 0 Å². The molecule has 0 aliphatic heterocycles. The van der Waals surface area contributed by atoms with Crippen LogP contribution in [-0.2, 0) is 30.4 Å². The van der Waals surface area contributed by atoms with E-state index in [4.69, 9.17) is 22.9 Å². The van der Waals surface area contributed by atoms with Gasteiger partial charge in [0.2, 0.25) is 23.6 Å². The zero-order valence-electron chi connectivity index (χ0n) is 21.0. The van der Waals surface area contributed by atoms with Crippen LogP contribution >= 0.6 is 0 Å². The highest BCUT2D eigenvalue weighted by Gasteiger charge is 2.33. The Morgan fingerprint density at radius 1 is 0.921 bits per heavy atom. The molecular weight excluding hydrogens is 500 g/mol. The number of nitrogens with one attached hydrogen (secondary N) is 3. The van der Waals surface area contributed by atoms with E-state index < -0.39 is 66.3 Å². The van der Waals surface area contributed by atoms with Crippen LogP contribution in [0.5, 0.6) is 0 Å². The van der Waals surface area contributed by atoms with Gasteiger partial charge in [0, 0.05) is 13.0 Å². The number of hydrogen-bond acceptors (Lipinski definition) is 8. The largest absolute Gasteiger partial charge is 0.480 e. The lowest BCUT2D eigenvalue weighted by Crippen LogP contribution is -2.60. The molecule has 1 rings (SSSR count). The van der Waals surface area contributed by atoms with E-state index >= 15 is 0 Å². The van der Waals surface area contributed by atoms with Crippen molar-refractivity contribution < 1.29 is 34.2 Å². The number of carboxylic acid groups (broad SMARTS) is 1. The highest BCUT2D eigenvalue weighted by Crippen LogP contribution is 2.06. The minimum Gasteiger partial charge on any atom is -0.480 e. The van der Waals surface area contributed by atoms with Crippen molar-refractivity contribution in [2.24, 2.45) is 27.9 Å². The lowest BCUT2D eigenvalue weighted by atomic mass is 10.0. The van der Waals surface area contributed by atoms with Crippen molar-refractivity contribution in [2.45, 2.75) is 62.9 Å². The average Bonchev–Trinajstić information content (AvgIpc) is 2.83. The lowest BCUT2D eigenvalue weighted by Gasteiger charge is -2.26. The van der Waals surface area contributed by atoms with Crippen LogP contribution in [0.2, 0.25) is 0 Å². The number of benzene rings is 1. The maximum Gasteiger partial charge on any atom is 0.326 e. The number of carboxylic acids is 1. The molecule has 1 aromatic carbocycles. The number of guanidine groups is 1. The third-order valence-corrected chi connectivity index (χ3v) is 5.30. The Morgan fingerprint density at radius 3 is 2.05 bits per heavy atom. The maximum atomic E-state index is 12.9. The van der Waals surface area contributed by atoms with Gasteiger partial charge in [0.1, 0.15) is 18.1 Å². The van der Waals surface area contributed by atoms with Crippen LogP contribution in [0.1, 0.15) is 31.7 Å². The molecule has 0 saturated carbocycles. The average molecular weight is 537 g/mol. The Bertz CT molecular complexity index is 999. The highest BCUT2D eigenvalue weighted by atomic mass is 16.4. The molecule has 13 N–H and O–H groups in total. The number of aliphatic hydroxyl groups is 1. The smallest absolute Gasteiger partial charge is 0.326 e. The van der Waals surface area contributed by atoms with Crippen molar-refractivity contribution in [3.8, 4) is 0 Å². The molecule has 15 nitrogen and oxygen atoms in total. The molecule has 0 bridgehead atoms. The summed E-state index contributed by atoms with van der Waals surface area (Å²) >= 11 is 0. The number of aliphatic imine (C=N–C) groups is 1. The minimum absolute atomic E-state index is 0.0518. The van der Waals surface area contributed by atoms with Crippen molar-refractivity contribution in [2.75, 3.05) is 6.54 Å². The lowest BCUT2D eigenvalue weighted by molar-refractivity contribution is -0.143. The number of carbonyl (C=O) groups is 5. The summed E-state index contributed by atoms with van der Waals surface area (Å²) < 4.78 is 0. The van der Waals surface area contributed by atoms with Crippen LogP contribution in [0.4, 0.5) is 0 Å². The van der Waals surface area contributed by atoms with Gasteiger partial charge >= 0.3 is 5.97 Å². The Balaban J connectivity index is 2.90. The van der Waals surface area contributed by atoms with E-state index in [0.717, 1.165) is 0 Å². The molecule has 0 saturated heterocycles. The number of hydrogen-bond donors (Lipinski definition) is 9. The number of aliphatic carboxylic acids is 1. The summed E-state index contributed by atoms with van der Waals surface area (Å²) in [6.45, 7) is 1.42. The molecule has 38 heavy (non-hydrogen) atoms. The van der Waals surface area contributed by atoms with E-state index in [1.54, 1.807) is 30.3 Å². The maximum absolute atomic E-state index is 12.9. The molecule has 210 valence electrons. The van der Waals surface area contributed by atoms with Crippen molar-refractivity contribution in [1.82, 2.24) is 16.0 Å². The number of nitrogens with zero attached hydrogens (tertiary/aromatic N) is 1. The Hall–Kier alpha value is -4.24. The van der Waals surface area contributed by atoms with Crippen molar-refractivity contribution in [3.05, 3.63) is 35.9 Å². The van der Waals surface area contributed by atoms with E-state index in [0.29, 0.717) is 12.0 Å². The molecule has 0 radical (unpaired) electrons. The van der Waals surface area contributed by atoms with E-state index in [-0.39, 0.29) is 25.3 Å². The van der Waals surface area contributed by atoms with E-state index in [1.165, 1.54) is 6.92 Å². The molecule has 5 atom stereocenters. The molecule has 4 amide bonds. The summed E-state index contributed by atoms with van der Waals surface area (Å²) in [5.74, 6) is -5.15. The van der Waals surface area contributed by atoms with E-state index in [9.17, 15) is 34.2 Å². The second kappa shape index (κ2) is 15.8. The Morgan fingerprint density at radius 2 is 1.53 bits per heavy atom. The van der Waals surface area contributed by atoms with Crippen LogP contribution in [0.3, 0.4) is 0 Å². The third kappa shape index (κ3) is 11.7. The van der Waals surface area contributed by atoms with Gasteiger partial charge in [-0.2, -0.15) is 0 Å². The SMILES string of the molecule is CC(O)C(NC(=O)C(CC(N)=O)NC(=O)C(N)CCCN=C(N)N)C(=O)NC(Cc1ccccc1)C(=O)O. The molecule has 1 aromatic rings. The van der Waals surface area contributed by atoms with Gasteiger partial charge in [-0.3, -0.25) is 24.2 Å². The molecule has 0 fully saturated rings. The summed E-state index contributed by atoms with van der Waals surface area (Å²) in [7, 11) is 0. The molecular formula is C23H36N8O7. The molecule has 5 unspecified atom stereocenters. The van der Waals surface area contributed by atoms with E-state index in [2.05, 4.69) is 20.9 Å². The first-order valence-corrected chi connectivity index (χ1v) is 11.8. The monoisotopic (exact) mass is 536 g/mol. The fourth-order valence-corrected chi connectivity index (χ4v) is 3.31. The third-order valence-electron chi connectivity index (χ3n) is 5.30. The van der Waals surface area contributed by atoms with Gasteiger partial charge in [0.05, 0.1) is 18.6 Å². The number of primary amides is 1. The fourth-order valence-electron chi connectivity index (χ4n) is 3.31. The fraction of sp³-hybridized carbons (Fsp3) is 0.478. The van der Waals surface area contributed by atoms with Crippen molar-refractivity contribution >= 4 is 35.6 Å². The van der Waals surface area contributed by atoms with Crippen LogP contribution in [0, 0.1) is 0 Å². The molecule has 0 aliphatic carbocycles. The topological polar surface area (TPSA) is 278 Å². The molecule has 0 heterocycles. The second-order valence-corrected chi connectivity index (χ2v) is 8.60. The molecule has 0 aliphatic rings. The number of aliphatic hydroxyl groups excluding tert-OH is 1. The van der Waals surface area contributed by atoms with Crippen molar-refractivity contribution in [1.29, 1.82) is 0 Å². The molecule has 15 heteroatoms. The first-order chi connectivity index (χ1) is 17.8. The van der Waals surface area contributed by atoms with Crippen LogP contribution in [0.25, 0.3) is 0 Å². The van der Waals surface area contributed by atoms with Gasteiger partial charge in [-0.1, -0.05) is 30.3 Å². The number of amides is 4. The van der Waals surface area contributed by atoms with Gasteiger partial charge in [0.15, 0.2) is 5.96 Å². The first-order valence-electron chi connectivity index (χ1n) is 11.8. The van der Waals surface area contributed by atoms with Crippen LogP contribution < -0.4 is 38.9 Å². The van der Waals surface area contributed by atoms with Crippen LogP contribution in [-0.4, -0.2) is 82.6 Å². The first kappa shape index (κ1) is 31.8. The Kier molecular flexibility index (Phi) is 13.2. The standard InChI is InChI=1S/C23H36N8O7/c1-12(32)18(21(36)30-16(22(37)38)10-13-6-3-2-4-7-13)31-20(35)15(11-17(25)33)29-19(34)14(24)8-5-9-28-23(26)27/h2-4,6-7,12,14-16,18,32H,5,8-11,24H2,1H3,(H2,25,33)(H,29,34)(H,30,36)(H,31,35)(H,37,38)(H4,26,27,28). The zero-order valence-corrected chi connectivity index (χ0v) is 21.0. The number of rotatable bonds is 16. The Labute approximate surface area is 219 Å². The summed E-state index contributed by atoms with van der Waals surface area (Å²) in [5, 5.41) is 26.5. The van der Waals surface area contributed by atoms with Gasteiger partial charge in [-0.25, -0.2) is 4.79 Å². The van der Waals surface area contributed by atoms with Crippen molar-refractivity contribution in [3.63, 3.8) is 0 Å². The molecule has 0 aromatic heterocycles. The summed E-state index contributed by atoms with van der Waals surface area (Å²) in [4.78, 5) is 65.1. The quantitative estimate of drug-likeness (QED) is 0.0568. The zero-order chi connectivity index (χ0) is 28.8. The van der Waals surface area contributed by atoms with E-state index in [1.807, 2.05) is 0 Å². The van der Waals surface area contributed by atoms with Gasteiger partial charge in [-0.05, 0) is 25.3 Å². The predicted molar refractivity (Wildman–Crippen MR) is 137 cm³/mol. The van der Waals surface area contributed by atoms with Gasteiger partial charge in [-0.15, -0.1) is 0 Å². The van der Waals surface area contributed by atoms with Crippen LogP contribution in [0.15, 0.2) is 35.3 Å². The molecule has 0 spiro atoms. The summed E-state index contributed by atoms with van der Waals surface area (Å²) in [6.07, 6.45) is -1.63. The second-order valence-electron chi connectivity index (χ2n) is 8.60.